The first kappa shape index (κ1) is 30.6. The zero-order valence-corrected chi connectivity index (χ0v) is 25.2. The van der Waals surface area contributed by atoms with E-state index in [4.69, 9.17) is 9.47 Å². The van der Waals surface area contributed by atoms with Crippen molar-refractivity contribution in [3.05, 3.63) is 70.8 Å². The molecule has 2 rings (SSSR count). The summed E-state index contributed by atoms with van der Waals surface area (Å²) in [5.74, 6) is -1.12. The smallest absolute Gasteiger partial charge is 0.324 e. The lowest BCUT2D eigenvalue weighted by Gasteiger charge is -2.35. The summed E-state index contributed by atoms with van der Waals surface area (Å²) in [7, 11) is 0. The van der Waals surface area contributed by atoms with Gasteiger partial charge in [0.15, 0.2) is 5.41 Å². The lowest BCUT2D eigenvalue weighted by Crippen LogP contribution is -2.49. The zero-order chi connectivity index (χ0) is 28.4. The van der Waals surface area contributed by atoms with Gasteiger partial charge in [-0.15, -0.1) is 0 Å². The molecule has 0 N–H and O–H groups in total. The summed E-state index contributed by atoms with van der Waals surface area (Å²) in [6.45, 7) is 23.9. The van der Waals surface area contributed by atoms with E-state index in [1.807, 2.05) is 65.8 Å². The number of carbonyl (C=O) groups is 2. The van der Waals surface area contributed by atoms with E-state index >= 15 is 0 Å². The van der Waals surface area contributed by atoms with Gasteiger partial charge in [0.25, 0.3) is 0 Å². The van der Waals surface area contributed by atoms with Crippen molar-refractivity contribution in [1.82, 2.24) is 0 Å². The fourth-order valence-electron chi connectivity index (χ4n) is 4.13. The molecule has 0 saturated heterocycles. The van der Waals surface area contributed by atoms with E-state index in [0.717, 1.165) is 11.1 Å². The summed E-state index contributed by atoms with van der Waals surface area (Å²) in [6, 6.07) is 16.3. The molecular weight excluding hydrogens is 460 g/mol. The Balaban J connectivity index is 2.65. The Kier molecular flexibility index (Phi) is 8.79. The minimum Gasteiger partial charge on any atom is -0.459 e. The minimum absolute atomic E-state index is 0.000744. The van der Waals surface area contributed by atoms with Crippen LogP contribution in [0.5, 0.6) is 0 Å². The Morgan fingerprint density at radius 3 is 1.00 bits per heavy atom. The van der Waals surface area contributed by atoms with Crippen LogP contribution in [0.2, 0.25) is 0 Å². The maximum absolute atomic E-state index is 13.9. The molecule has 0 atom stereocenters. The van der Waals surface area contributed by atoms with E-state index < -0.39 is 28.6 Å². The molecule has 204 valence electrons. The average molecular weight is 509 g/mol. The number of rotatable bonds is 6. The Morgan fingerprint density at radius 2 is 0.784 bits per heavy atom. The second-order valence-corrected chi connectivity index (χ2v) is 14.3. The lowest BCUT2D eigenvalue weighted by molar-refractivity contribution is -0.185. The highest BCUT2D eigenvalue weighted by Crippen LogP contribution is 2.36. The third-order valence-electron chi connectivity index (χ3n) is 6.23. The molecular formula is C33H48O4. The Bertz CT molecular complexity index is 975. The van der Waals surface area contributed by atoms with Gasteiger partial charge in [0.1, 0.15) is 11.2 Å². The molecule has 2 aromatic rings. The van der Waals surface area contributed by atoms with Crippen molar-refractivity contribution < 1.29 is 19.1 Å². The van der Waals surface area contributed by atoms with E-state index in [0.29, 0.717) is 0 Å². The van der Waals surface area contributed by atoms with Gasteiger partial charge in [-0.1, -0.05) is 90.1 Å². The molecule has 0 aliphatic carbocycles. The normalized spacial score (nSPS) is 13.3. The Hall–Kier alpha value is -2.62. The van der Waals surface area contributed by atoms with Crippen molar-refractivity contribution in [3.63, 3.8) is 0 Å². The van der Waals surface area contributed by atoms with Crippen molar-refractivity contribution in [3.8, 4) is 0 Å². The first-order valence-corrected chi connectivity index (χ1v) is 13.3. The standard InChI is InChI=1S/C33H48O4/c1-29(2,3)25-17-13-23(14-18-25)21-33(27(34)36-31(7,8)9,28(35)37-32(10,11)12)22-24-15-19-26(20-16-24)30(4,5)6/h13-20H,21-22H2,1-12H3. The Morgan fingerprint density at radius 1 is 0.514 bits per heavy atom. The highest BCUT2D eigenvalue weighted by atomic mass is 16.6. The van der Waals surface area contributed by atoms with Crippen LogP contribution in [0.4, 0.5) is 0 Å². The summed E-state index contributed by atoms with van der Waals surface area (Å²) in [6.07, 6.45) is 0.366. The molecule has 0 amide bonds. The van der Waals surface area contributed by atoms with E-state index in [1.165, 1.54) is 11.1 Å². The van der Waals surface area contributed by atoms with Crippen molar-refractivity contribution in [1.29, 1.82) is 0 Å². The maximum atomic E-state index is 13.9. The Labute approximate surface area is 225 Å². The third-order valence-corrected chi connectivity index (χ3v) is 6.23. The number of hydrogen-bond donors (Lipinski definition) is 0. The summed E-state index contributed by atoms with van der Waals surface area (Å²) in [5.41, 5.74) is 1.11. The molecule has 0 radical (unpaired) electrons. The average Bonchev–Trinajstić information content (AvgIpc) is 2.70. The van der Waals surface area contributed by atoms with Crippen LogP contribution in [0.15, 0.2) is 48.5 Å². The molecule has 0 fully saturated rings. The van der Waals surface area contributed by atoms with Crippen LogP contribution < -0.4 is 0 Å². The quantitative estimate of drug-likeness (QED) is 0.296. The maximum Gasteiger partial charge on any atom is 0.324 e. The zero-order valence-electron chi connectivity index (χ0n) is 25.2. The second kappa shape index (κ2) is 10.6. The van der Waals surface area contributed by atoms with E-state index in [9.17, 15) is 9.59 Å². The van der Waals surface area contributed by atoms with Crippen LogP contribution in [0.25, 0.3) is 0 Å². The highest BCUT2D eigenvalue weighted by molar-refractivity contribution is 6.01. The van der Waals surface area contributed by atoms with Crippen LogP contribution >= 0.6 is 0 Å². The highest BCUT2D eigenvalue weighted by Gasteiger charge is 2.51. The minimum atomic E-state index is -1.53. The predicted molar refractivity (Wildman–Crippen MR) is 152 cm³/mol. The van der Waals surface area contributed by atoms with Crippen molar-refractivity contribution >= 4 is 11.9 Å². The van der Waals surface area contributed by atoms with Crippen LogP contribution in [0.1, 0.15) is 105 Å². The van der Waals surface area contributed by atoms with Crippen LogP contribution in [-0.2, 0) is 42.7 Å². The number of benzene rings is 2. The lowest BCUT2D eigenvalue weighted by atomic mass is 9.75. The van der Waals surface area contributed by atoms with E-state index in [1.54, 1.807) is 0 Å². The number of hydrogen-bond acceptors (Lipinski definition) is 4. The van der Waals surface area contributed by atoms with Gasteiger partial charge in [-0.3, -0.25) is 9.59 Å². The fraction of sp³-hybridized carbons (Fsp3) is 0.576. The van der Waals surface area contributed by atoms with Crippen LogP contribution in [0, 0.1) is 5.41 Å². The second-order valence-electron chi connectivity index (χ2n) is 14.3. The summed E-state index contributed by atoms with van der Waals surface area (Å²) >= 11 is 0. The SMILES string of the molecule is CC(C)(C)OC(=O)C(Cc1ccc(C(C)(C)C)cc1)(Cc1ccc(C(C)(C)C)cc1)C(=O)OC(C)(C)C. The molecule has 0 unspecified atom stereocenters. The van der Waals surface area contributed by atoms with Crippen molar-refractivity contribution in [2.45, 2.75) is 118 Å². The van der Waals surface area contributed by atoms with Gasteiger partial charge < -0.3 is 9.47 Å². The largest absolute Gasteiger partial charge is 0.459 e. The first-order valence-electron chi connectivity index (χ1n) is 13.3. The monoisotopic (exact) mass is 508 g/mol. The molecule has 0 spiro atoms. The molecule has 0 heterocycles. The molecule has 0 aromatic heterocycles. The first-order chi connectivity index (χ1) is 16.6. The topological polar surface area (TPSA) is 52.6 Å². The van der Waals surface area contributed by atoms with Crippen LogP contribution in [-0.4, -0.2) is 23.1 Å². The van der Waals surface area contributed by atoms with Gasteiger partial charge in [0.2, 0.25) is 0 Å². The van der Waals surface area contributed by atoms with Gasteiger partial charge in [0.05, 0.1) is 0 Å². The predicted octanol–water partition coefficient (Wildman–Crippen LogP) is 7.74. The van der Waals surface area contributed by atoms with Crippen molar-refractivity contribution in [2.75, 3.05) is 0 Å². The summed E-state index contributed by atoms with van der Waals surface area (Å²) < 4.78 is 11.8. The van der Waals surface area contributed by atoms with Gasteiger partial charge in [-0.25, -0.2) is 0 Å². The number of ether oxygens (including phenoxy) is 2. The van der Waals surface area contributed by atoms with Gasteiger partial charge >= 0.3 is 11.9 Å². The summed E-state index contributed by atoms with van der Waals surface area (Å²) in [5, 5.41) is 0. The molecule has 4 heteroatoms. The van der Waals surface area contributed by atoms with Gasteiger partial charge in [-0.2, -0.15) is 0 Å². The van der Waals surface area contributed by atoms with E-state index in [2.05, 4.69) is 65.8 Å². The number of esters is 2. The van der Waals surface area contributed by atoms with Gasteiger partial charge in [0, 0.05) is 0 Å². The van der Waals surface area contributed by atoms with Gasteiger partial charge in [-0.05, 0) is 87.5 Å². The van der Waals surface area contributed by atoms with Crippen LogP contribution in [0.3, 0.4) is 0 Å². The molecule has 2 aromatic carbocycles. The van der Waals surface area contributed by atoms with Crippen molar-refractivity contribution in [2.24, 2.45) is 5.41 Å². The molecule has 0 aliphatic heterocycles. The summed E-state index contributed by atoms with van der Waals surface area (Å²) in [4.78, 5) is 27.9. The fourth-order valence-corrected chi connectivity index (χ4v) is 4.13. The third kappa shape index (κ3) is 8.72. The molecule has 0 saturated carbocycles. The number of carbonyl (C=O) groups excluding carboxylic acids is 2. The van der Waals surface area contributed by atoms with E-state index in [-0.39, 0.29) is 23.7 Å². The molecule has 4 nitrogen and oxygen atoms in total. The molecule has 37 heavy (non-hydrogen) atoms. The molecule has 0 bridgehead atoms. The molecule has 0 aliphatic rings.